The van der Waals surface area contributed by atoms with Gasteiger partial charge in [0.15, 0.2) is 11.5 Å². The van der Waals surface area contributed by atoms with E-state index in [2.05, 4.69) is 20.7 Å². The van der Waals surface area contributed by atoms with Crippen LogP contribution in [-0.4, -0.2) is 82.5 Å². The number of ether oxygens (including phenoxy) is 3. The third kappa shape index (κ3) is 6.76. The summed E-state index contributed by atoms with van der Waals surface area (Å²) in [5.74, 6) is 1.19. The lowest BCUT2D eigenvalue weighted by Crippen LogP contribution is -2.54. The quantitative estimate of drug-likeness (QED) is 0.459. The number of hydrogen-bond donors (Lipinski definition) is 1. The van der Waals surface area contributed by atoms with Crippen molar-refractivity contribution in [3.05, 3.63) is 18.2 Å². The zero-order chi connectivity index (χ0) is 26.2. The van der Waals surface area contributed by atoms with Gasteiger partial charge in [-0.1, -0.05) is 26.2 Å². The van der Waals surface area contributed by atoms with Gasteiger partial charge in [-0.25, -0.2) is 0 Å². The van der Waals surface area contributed by atoms with E-state index < -0.39 is 6.04 Å². The van der Waals surface area contributed by atoms with Crippen molar-refractivity contribution >= 4 is 11.8 Å². The van der Waals surface area contributed by atoms with Gasteiger partial charge >= 0.3 is 0 Å². The average Bonchev–Trinajstić information content (AvgIpc) is 3.69. The summed E-state index contributed by atoms with van der Waals surface area (Å²) < 4.78 is 16.5. The van der Waals surface area contributed by atoms with Crippen LogP contribution < -0.4 is 14.8 Å². The summed E-state index contributed by atoms with van der Waals surface area (Å²) in [5, 5.41) is 15.8. The highest BCUT2D eigenvalue weighted by atomic mass is 16.5. The van der Waals surface area contributed by atoms with E-state index in [4.69, 9.17) is 14.2 Å². The first-order valence-electron chi connectivity index (χ1n) is 13.2. The van der Waals surface area contributed by atoms with Crippen molar-refractivity contribution < 1.29 is 23.8 Å². The van der Waals surface area contributed by atoms with E-state index in [0.29, 0.717) is 42.5 Å². The predicted molar refractivity (Wildman–Crippen MR) is 136 cm³/mol. The van der Waals surface area contributed by atoms with Crippen LogP contribution in [0.25, 0.3) is 11.4 Å². The maximum atomic E-state index is 13.6. The minimum atomic E-state index is -0.559. The molecule has 1 aliphatic carbocycles. The molecule has 11 heteroatoms. The Balaban J connectivity index is 1.51. The number of aromatic nitrogens is 4. The monoisotopic (exact) mass is 514 g/mol. The average molecular weight is 515 g/mol. The van der Waals surface area contributed by atoms with Crippen LogP contribution in [0.1, 0.15) is 58.3 Å². The van der Waals surface area contributed by atoms with Gasteiger partial charge in [-0.15, -0.1) is 10.2 Å². The van der Waals surface area contributed by atoms with E-state index >= 15 is 0 Å². The minimum absolute atomic E-state index is 0.0754. The number of benzene rings is 1. The van der Waals surface area contributed by atoms with E-state index in [1.165, 1.54) is 4.80 Å². The van der Waals surface area contributed by atoms with Crippen molar-refractivity contribution in [3.8, 4) is 22.9 Å². The molecule has 0 spiro atoms. The van der Waals surface area contributed by atoms with Crippen LogP contribution in [0.3, 0.4) is 0 Å². The molecule has 0 bridgehead atoms. The van der Waals surface area contributed by atoms with Crippen LogP contribution in [0.4, 0.5) is 0 Å². The molecule has 1 aromatic carbocycles. The molecule has 1 aromatic heterocycles. The van der Waals surface area contributed by atoms with Crippen molar-refractivity contribution in [1.82, 2.24) is 30.4 Å². The fourth-order valence-electron chi connectivity index (χ4n) is 5.09. The molecule has 2 atom stereocenters. The fourth-order valence-corrected chi connectivity index (χ4v) is 5.09. The summed E-state index contributed by atoms with van der Waals surface area (Å²) in [4.78, 5) is 29.9. The van der Waals surface area contributed by atoms with Gasteiger partial charge < -0.3 is 24.4 Å². The van der Waals surface area contributed by atoms with E-state index in [1.54, 1.807) is 37.3 Å². The first-order chi connectivity index (χ1) is 18.0. The van der Waals surface area contributed by atoms with E-state index in [0.717, 1.165) is 44.9 Å². The van der Waals surface area contributed by atoms with Crippen LogP contribution in [0.2, 0.25) is 0 Å². The first kappa shape index (κ1) is 26.8. The van der Waals surface area contributed by atoms with E-state index in [1.807, 2.05) is 6.92 Å². The Bertz CT molecular complexity index is 1050. The lowest BCUT2D eigenvalue weighted by Gasteiger charge is -2.33. The van der Waals surface area contributed by atoms with Crippen LogP contribution in [0.5, 0.6) is 11.5 Å². The topological polar surface area (TPSA) is 121 Å². The van der Waals surface area contributed by atoms with Gasteiger partial charge in [-0.05, 0) is 55.5 Å². The molecule has 2 fully saturated rings. The molecule has 11 nitrogen and oxygen atoms in total. The summed E-state index contributed by atoms with van der Waals surface area (Å²) in [6, 6.07) is 4.96. The zero-order valence-electron chi connectivity index (χ0n) is 22.0. The Kier molecular flexibility index (Phi) is 9.32. The molecular weight excluding hydrogens is 476 g/mol. The van der Waals surface area contributed by atoms with Crippen LogP contribution in [0, 0.1) is 0 Å². The third-order valence-electron chi connectivity index (χ3n) is 7.06. The molecule has 202 valence electrons. The van der Waals surface area contributed by atoms with Crippen molar-refractivity contribution in [2.45, 2.75) is 83.0 Å². The Morgan fingerprint density at radius 2 is 1.95 bits per heavy atom. The molecular formula is C26H38N6O5. The number of amides is 2. The van der Waals surface area contributed by atoms with Gasteiger partial charge in [0.25, 0.3) is 0 Å². The molecule has 2 aromatic rings. The highest BCUT2D eigenvalue weighted by Gasteiger charge is 2.34. The maximum Gasteiger partial charge on any atom is 0.247 e. The SMILES string of the molecule is CCC[C@H](C(=O)NC1CCCC1)N(C[C@H]1CCCO1)C(=O)Cn1nnc(-c2ccc(OC)c(OC)c2)n1. The summed E-state index contributed by atoms with van der Waals surface area (Å²) >= 11 is 0. The highest BCUT2D eigenvalue weighted by Crippen LogP contribution is 2.30. The second kappa shape index (κ2) is 12.8. The number of carbonyl (C=O) groups excluding carboxylic acids is 2. The third-order valence-corrected chi connectivity index (χ3v) is 7.06. The lowest BCUT2D eigenvalue weighted by atomic mass is 10.1. The van der Waals surface area contributed by atoms with Crippen LogP contribution >= 0.6 is 0 Å². The summed E-state index contributed by atoms with van der Waals surface area (Å²) in [6.45, 7) is 2.96. The molecule has 0 unspecified atom stereocenters. The molecule has 0 radical (unpaired) electrons. The second-order valence-electron chi connectivity index (χ2n) is 9.69. The number of methoxy groups -OCH3 is 2. The van der Waals surface area contributed by atoms with Crippen LogP contribution in [0.15, 0.2) is 18.2 Å². The molecule has 1 N–H and O–H groups in total. The van der Waals surface area contributed by atoms with Gasteiger partial charge in [0.1, 0.15) is 12.6 Å². The van der Waals surface area contributed by atoms with Crippen molar-refractivity contribution in [3.63, 3.8) is 0 Å². The van der Waals surface area contributed by atoms with Gasteiger partial charge in [0.2, 0.25) is 17.6 Å². The lowest BCUT2D eigenvalue weighted by molar-refractivity contribution is -0.143. The smallest absolute Gasteiger partial charge is 0.247 e. The Morgan fingerprint density at radius 3 is 2.62 bits per heavy atom. The summed E-state index contributed by atoms with van der Waals surface area (Å²) in [6.07, 6.45) is 7.36. The molecule has 1 aliphatic heterocycles. The molecule has 2 amide bonds. The Morgan fingerprint density at radius 1 is 1.16 bits per heavy atom. The van der Waals surface area contributed by atoms with Gasteiger partial charge in [-0.3, -0.25) is 9.59 Å². The normalized spacial score (nSPS) is 18.5. The molecule has 2 heterocycles. The van der Waals surface area contributed by atoms with Gasteiger partial charge in [0, 0.05) is 24.8 Å². The number of carbonyl (C=O) groups is 2. The molecule has 37 heavy (non-hydrogen) atoms. The second-order valence-corrected chi connectivity index (χ2v) is 9.69. The maximum absolute atomic E-state index is 13.6. The standard InChI is InChI=1S/C26H38N6O5/c1-4-8-21(26(34)27-19-9-5-6-10-19)31(16-20-11-7-14-37-20)24(33)17-32-29-25(28-30-32)18-12-13-22(35-2)23(15-18)36-3/h12-13,15,19-21H,4-11,14,16-17H2,1-3H3,(H,27,34)/t20-,21-/m1/s1. The summed E-state index contributed by atoms with van der Waals surface area (Å²) in [5.41, 5.74) is 0.687. The first-order valence-corrected chi connectivity index (χ1v) is 13.2. The van der Waals surface area contributed by atoms with E-state index in [-0.39, 0.29) is 30.5 Å². The fraction of sp³-hybridized carbons (Fsp3) is 0.654. The van der Waals surface area contributed by atoms with Crippen molar-refractivity contribution in [1.29, 1.82) is 0 Å². The van der Waals surface area contributed by atoms with Crippen molar-refractivity contribution in [2.75, 3.05) is 27.4 Å². The van der Waals surface area contributed by atoms with Gasteiger partial charge in [0.05, 0.1) is 20.3 Å². The van der Waals surface area contributed by atoms with Gasteiger partial charge in [-0.2, -0.15) is 4.80 Å². The Hall–Kier alpha value is -3.21. The summed E-state index contributed by atoms with van der Waals surface area (Å²) in [7, 11) is 3.13. The predicted octanol–water partition coefficient (Wildman–Crippen LogP) is 2.59. The zero-order valence-corrected chi connectivity index (χ0v) is 22.0. The number of nitrogens with zero attached hydrogens (tertiary/aromatic N) is 5. The van der Waals surface area contributed by atoms with Crippen molar-refractivity contribution in [2.24, 2.45) is 0 Å². The minimum Gasteiger partial charge on any atom is -0.493 e. The number of rotatable bonds is 12. The largest absolute Gasteiger partial charge is 0.493 e. The number of nitrogens with one attached hydrogen (secondary N) is 1. The Labute approximate surface area is 217 Å². The highest BCUT2D eigenvalue weighted by molar-refractivity contribution is 5.87. The molecule has 2 aliphatic rings. The molecule has 4 rings (SSSR count). The molecule has 1 saturated carbocycles. The number of tetrazole rings is 1. The van der Waals surface area contributed by atoms with Crippen LogP contribution in [-0.2, 0) is 20.9 Å². The number of hydrogen-bond acceptors (Lipinski definition) is 8. The van der Waals surface area contributed by atoms with E-state index in [9.17, 15) is 9.59 Å². The molecule has 1 saturated heterocycles.